The molecular formula is C22H18FNO4. The van der Waals surface area contributed by atoms with Crippen molar-refractivity contribution < 1.29 is 23.1 Å². The molecule has 0 spiro atoms. The Bertz CT molecular complexity index is 1170. The zero-order valence-corrected chi connectivity index (χ0v) is 15.4. The highest BCUT2D eigenvalue weighted by Gasteiger charge is 2.19. The van der Waals surface area contributed by atoms with Crippen molar-refractivity contribution in [3.63, 3.8) is 0 Å². The first kappa shape index (κ1) is 17.9. The topological polar surface area (TPSA) is 60.7 Å². The number of rotatable bonds is 5. The third-order valence-electron chi connectivity index (χ3n) is 4.47. The molecule has 3 aromatic carbocycles. The Balaban J connectivity index is 1.62. The van der Waals surface area contributed by atoms with Gasteiger partial charge in [0.25, 0.3) is 5.91 Å². The van der Waals surface area contributed by atoms with Crippen molar-refractivity contribution in [2.45, 2.75) is 13.0 Å². The first-order valence-electron chi connectivity index (χ1n) is 8.78. The van der Waals surface area contributed by atoms with E-state index in [2.05, 4.69) is 5.32 Å². The van der Waals surface area contributed by atoms with E-state index in [0.717, 1.165) is 16.4 Å². The molecule has 6 heteroatoms. The Morgan fingerprint density at radius 2 is 1.75 bits per heavy atom. The summed E-state index contributed by atoms with van der Waals surface area (Å²) in [4.78, 5) is 12.6. The number of ether oxygens (including phenoxy) is 2. The summed E-state index contributed by atoms with van der Waals surface area (Å²) in [5.74, 6) is -0.448. The van der Waals surface area contributed by atoms with E-state index in [9.17, 15) is 9.18 Å². The van der Waals surface area contributed by atoms with E-state index >= 15 is 0 Å². The van der Waals surface area contributed by atoms with Gasteiger partial charge in [0.15, 0.2) is 17.7 Å². The van der Waals surface area contributed by atoms with Gasteiger partial charge in [-0.2, -0.15) is 0 Å². The molecule has 1 atom stereocenters. The number of benzene rings is 3. The zero-order valence-electron chi connectivity index (χ0n) is 15.4. The largest absolute Gasteiger partial charge is 0.495 e. The van der Waals surface area contributed by atoms with Gasteiger partial charge in [-0.15, -0.1) is 0 Å². The lowest BCUT2D eigenvalue weighted by molar-refractivity contribution is -0.122. The average molecular weight is 379 g/mol. The van der Waals surface area contributed by atoms with Gasteiger partial charge in [-0.1, -0.05) is 30.3 Å². The third-order valence-corrected chi connectivity index (χ3v) is 4.47. The Kier molecular flexibility index (Phi) is 4.61. The second-order valence-electron chi connectivity index (χ2n) is 6.33. The molecule has 1 heterocycles. The molecule has 0 aliphatic carbocycles. The summed E-state index contributed by atoms with van der Waals surface area (Å²) in [7, 11) is 1.53. The molecule has 1 amide bonds. The number of methoxy groups -OCH3 is 1. The second-order valence-corrected chi connectivity index (χ2v) is 6.33. The van der Waals surface area contributed by atoms with Gasteiger partial charge in [-0.05, 0) is 31.2 Å². The number of anilines is 1. The van der Waals surface area contributed by atoms with Crippen LogP contribution in [0.3, 0.4) is 0 Å². The average Bonchev–Trinajstić information content (AvgIpc) is 3.06. The van der Waals surface area contributed by atoms with E-state index in [4.69, 9.17) is 13.9 Å². The third kappa shape index (κ3) is 3.24. The van der Waals surface area contributed by atoms with Crippen LogP contribution in [0.1, 0.15) is 6.92 Å². The monoisotopic (exact) mass is 379 g/mol. The summed E-state index contributed by atoms with van der Waals surface area (Å²) >= 11 is 0. The number of para-hydroxylation sites is 2. The molecule has 28 heavy (non-hydrogen) atoms. The van der Waals surface area contributed by atoms with Gasteiger partial charge in [-0.25, -0.2) is 4.39 Å². The Morgan fingerprint density at radius 3 is 2.54 bits per heavy atom. The van der Waals surface area contributed by atoms with Crippen LogP contribution in [-0.4, -0.2) is 19.1 Å². The molecule has 4 aromatic rings. The van der Waals surface area contributed by atoms with Gasteiger partial charge in [0, 0.05) is 16.8 Å². The lowest BCUT2D eigenvalue weighted by Gasteiger charge is -2.16. The Morgan fingerprint density at radius 1 is 1.00 bits per heavy atom. The number of carbonyl (C=O) groups is 1. The van der Waals surface area contributed by atoms with E-state index in [1.165, 1.54) is 19.2 Å². The number of fused-ring (bicyclic) bond motifs is 3. The number of halogens is 1. The molecule has 0 aliphatic rings. The van der Waals surface area contributed by atoms with Crippen molar-refractivity contribution in [1.82, 2.24) is 0 Å². The Labute approximate surface area is 160 Å². The highest BCUT2D eigenvalue weighted by atomic mass is 19.1. The summed E-state index contributed by atoms with van der Waals surface area (Å²) < 4.78 is 30.5. The maximum absolute atomic E-state index is 13.7. The molecule has 4 rings (SSSR count). The van der Waals surface area contributed by atoms with Crippen LogP contribution in [0.4, 0.5) is 10.1 Å². The highest BCUT2D eigenvalue weighted by Crippen LogP contribution is 2.36. The second kappa shape index (κ2) is 7.23. The van der Waals surface area contributed by atoms with Crippen LogP contribution >= 0.6 is 0 Å². The molecule has 5 nitrogen and oxygen atoms in total. The SMILES string of the molecule is COc1cc2c(cc1NC(=O)[C@H](C)Oc1ccccc1F)oc1ccccc12. The van der Waals surface area contributed by atoms with Crippen molar-refractivity contribution in [3.05, 3.63) is 66.5 Å². The summed E-state index contributed by atoms with van der Waals surface area (Å²) in [6.07, 6.45) is -0.909. The predicted octanol–water partition coefficient (Wildman–Crippen LogP) is 5.14. The number of hydrogen-bond donors (Lipinski definition) is 1. The van der Waals surface area contributed by atoms with Crippen LogP contribution in [0, 0.1) is 5.82 Å². The molecule has 0 unspecified atom stereocenters. The van der Waals surface area contributed by atoms with Crippen molar-refractivity contribution in [3.8, 4) is 11.5 Å². The van der Waals surface area contributed by atoms with Gasteiger partial charge < -0.3 is 19.2 Å². The van der Waals surface area contributed by atoms with Gasteiger partial charge in [0.05, 0.1) is 12.8 Å². The molecule has 0 saturated carbocycles. The number of carbonyl (C=O) groups excluding carboxylic acids is 1. The predicted molar refractivity (Wildman–Crippen MR) is 105 cm³/mol. The standard InChI is InChI=1S/C22H18FNO4/c1-13(27-19-10-6-4-8-16(19)23)22(25)24-17-12-20-15(11-21(17)26-2)14-7-3-5-9-18(14)28-20/h3-13H,1-2H3,(H,24,25)/t13-/m0/s1. The minimum absolute atomic E-state index is 0.0184. The molecule has 0 fully saturated rings. The minimum Gasteiger partial charge on any atom is -0.495 e. The lowest BCUT2D eigenvalue weighted by Crippen LogP contribution is -2.30. The highest BCUT2D eigenvalue weighted by molar-refractivity contribution is 6.08. The van der Waals surface area contributed by atoms with Crippen LogP contribution in [0.15, 0.2) is 65.1 Å². The van der Waals surface area contributed by atoms with Crippen LogP contribution in [0.5, 0.6) is 11.5 Å². The fourth-order valence-corrected chi connectivity index (χ4v) is 3.04. The fourth-order valence-electron chi connectivity index (χ4n) is 3.04. The molecule has 0 radical (unpaired) electrons. The summed E-state index contributed by atoms with van der Waals surface area (Å²) in [6, 6.07) is 17.1. The fraction of sp³-hybridized carbons (Fsp3) is 0.136. The molecule has 1 N–H and O–H groups in total. The normalized spacial score (nSPS) is 12.1. The number of hydrogen-bond acceptors (Lipinski definition) is 4. The van der Waals surface area contributed by atoms with Crippen LogP contribution in [0.2, 0.25) is 0 Å². The quantitative estimate of drug-likeness (QED) is 0.522. The van der Waals surface area contributed by atoms with Crippen LogP contribution in [-0.2, 0) is 4.79 Å². The Hall–Kier alpha value is -3.54. The van der Waals surface area contributed by atoms with E-state index in [-0.39, 0.29) is 5.75 Å². The van der Waals surface area contributed by atoms with Gasteiger partial charge in [-0.3, -0.25) is 4.79 Å². The van der Waals surface area contributed by atoms with Gasteiger partial charge in [0.2, 0.25) is 0 Å². The van der Waals surface area contributed by atoms with Crippen molar-refractivity contribution in [2.75, 3.05) is 12.4 Å². The molecule has 0 bridgehead atoms. The van der Waals surface area contributed by atoms with Crippen molar-refractivity contribution >= 4 is 33.5 Å². The molecule has 142 valence electrons. The zero-order chi connectivity index (χ0) is 19.7. The van der Waals surface area contributed by atoms with E-state index < -0.39 is 17.8 Å². The van der Waals surface area contributed by atoms with Gasteiger partial charge >= 0.3 is 0 Å². The number of furan rings is 1. The van der Waals surface area contributed by atoms with Crippen LogP contribution < -0.4 is 14.8 Å². The maximum atomic E-state index is 13.7. The van der Waals surface area contributed by atoms with E-state index in [1.807, 2.05) is 30.3 Å². The van der Waals surface area contributed by atoms with Crippen LogP contribution in [0.25, 0.3) is 21.9 Å². The molecule has 0 saturated heterocycles. The molecule has 0 aliphatic heterocycles. The summed E-state index contributed by atoms with van der Waals surface area (Å²) in [6.45, 7) is 1.55. The molecular weight excluding hydrogens is 361 g/mol. The summed E-state index contributed by atoms with van der Waals surface area (Å²) in [5.41, 5.74) is 1.82. The van der Waals surface area contributed by atoms with Gasteiger partial charge in [0.1, 0.15) is 16.9 Å². The summed E-state index contributed by atoms with van der Waals surface area (Å²) in [5, 5.41) is 4.62. The number of nitrogens with one attached hydrogen (secondary N) is 1. The minimum atomic E-state index is -0.909. The van der Waals surface area contributed by atoms with E-state index in [1.54, 1.807) is 25.1 Å². The lowest BCUT2D eigenvalue weighted by atomic mass is 10.1. The smallest absolute Gasteiger partial charge is 0.265 e. The number of amides is 1. The van der Waals surface area contributed by atoms with Crippen molar-refractivity contribution in [2.24, 2.45) is 0 Å². The maximum Gasteiger partial charge on any atom is 0.265 e. The first-order chi connectivity index (χ1) is 13.6. The molecule has 1 aromatic heterocycles. The van der Waals surface area contributed by atoms with E-state index in [0.29, 0.717) is 17.0 Å². The first-order valence-corrected chi connectivity index (χ1v) is 8.78. The van der Waals surface area contributed by atoms with Crippen molar-refractivity contribution in [1.29, 1.82) is 0 Å².